The SMILES string of the molecule is CNC(=O)[C@H](CC1CCCCC1)NC(=O)[C@H](CC(C)C)[C@H](O)C(N)=O. The Kier molecular flexibility index (Phi) is 8.89. The summed E-state index contributed by atoms with van der Waals surface area (Å²) in [6.07, 6.45) is 4.97. The Hall–Kier alpha value is -1.63. The molecule has 1 saturated carbocycles. The molecule has 0 unspecified atom stereocenters. The van der Waals surface area contributed by atoms with E-state index in [-0.39, 0.29) is 11.8 Å². The second kappa shape index (κ2) is 10.4. The fourth-order valence-electron chi connectivity index (χ4n) is 3.53. The van der Waals surface area contributed by atoms with Gasteiger partial charge in [0.1, 0.15) is 12.1 Å². The first-order valence-corrected chi connectivity index (χ1v) is 9.25. The molecule has 7 nitrogen and oxygen atoms in total. The van der Waals surface area contributed by atoms with Crippen molar-refractivity contribution in [1.29, 1.82) is 0 Å². The van der Waals surface area contributed by atoms with E-state index < -0.39 is 29.9 Å². The summed E-state index contributed by atoms with van der Waals surface area (Å²) < 4.78 is 0. The van der Waals surface area contributed by atoms with Crippen LogP contribution in [0, 0.1) is 17.8 Å². The molecular weight excluding hydrogens is 322 g/mol. The van der Waals surface area contributed by atoms with Crippen molar-refractivity contribution < 1.29 is 19.5 Å². The third-order valence-corrected chi connectivity index (χ3v) is 4.91. The molecule has 0 spiro atoms. The van der Waals surface area contributed by atoms with E-state index in [0.29, 0.717) is 18.8 Å². The predicted molar refractivity (Wildman–Crippen MR) is 95.3 cm³/mol. The largest absolute Gasteiger partial charge is 0.382 e. The Labute approximate surface area is 150 Å². The molecule has 25 heavy (non-hydrogen) atoms. The Balaban J connectivity index is 2.81. The summed E-state index contributed by atoms with van der Waals surface area (Å²) in [6, 6.07) is -0.657. The number of hydrogen-bond acceptors (Lipinski definition) is 4. The monoisotopic (exact) mass is 355 g/mol. The number of nitrogens with two attached hydrogens (primary N) is 1. The van der Waals surface area contributed by atoms with E-state index >= 15 is 0 Å². The number of aliphatic hydroxyl groups is 1. The molecule has 1 rings (SSSR count). The molecule has 3 atom stereocenters. The van der Waals surface area contributed by atoms with Gasteiger partial charge in [0.05, 0.1) is 5.92 Å². The number of carbonyl (C=O) groups is 3. The number of aliphatic hydroxyl groups excluding tert-OH is 1. The first kappa shape index (κ1) is 21.4. The summed E-state index contributed by atoms with van der Waals surface area (Å²) in [5.74, 6) is -2.12. The molecule has 0 heterocycles. The third-order valence-electron chi connectivity index (χ3n) is 4.91. The Morgan fingerprint density at radius 1 is 1.12 bits per heavy atom. The summed E-state index contributed by atoms with van der Waals surface area (Å²) in [4.78, 5) is 36.2. The van der Waals surface area contributed by atoms with Gasteiger partial charge in [-0.1, -0.05) is 46.0 Å². The number of amides is 3. The van der Waals surface area contributed by atoms with E-state index in [0.717, 1.165) is 25.7 Å². The van der Waals surface area contributed by atoms with E-state index in [1.165, 1.54) is 13.5 Å². The fourth-order valence-corrected chi connectivity index (χ4v) is 3.53. The van der Waals surface area contributed by atoms with Crippen LogP contribution in [-0.2, 0) is 14.4 Å². The van der Waals surface area contributed by atoms with E-state index in [1.54, 1.807) is 0 Å². The Bertz CT molecular complexity index is 461. The molecule has 3 amide bonds. The molecule has 144 valence electrons. The zero-order valence-electron chi connectivity index (χ0n) is 15.6. The summed E-state index contributed by atoms with van der Waals surface area (Å²) in [7, 11) is 1.53. The molecule has 1 aliphatic carbocycles. The maximum Gasteiger partial charge on any atom is 0.247 e. The predicted octanol–water partition coefficient (Wildman–Crippen LogP) is 0.696. The Morgan fingerprint density at radius 2 is 1.72 bits per heavy atom. The average molecular weight is 355 g/mol. The van der Waals surface area contributed by atoms with Crippen molar-refractivity contribution in [1.82, 2.24) is 10.6 Å². The molecule has 5 N–H and O–H groups in total. The van der Waals surface area contributed by atoms with Gasteiger partial charge in [-0.2, -0.15) is 0 Å². The molecule has 0 aliphatic heterocycles. The molecule has 0 saturated heterocycles. The van der Waals surface area contributed by atoms with Crippen LogP contribution in [0.15, 0.2) is 0 Å². The number of likely N-dealkylation sites (N-methyl/N-ethyl adjacent to an activating group) is 1. The van der Waals surface area contributed by atoms with Crippen LogP contribution >= 0.6 is 0 Å². The number of rotatable bonds is 9. The lowest BCUT2D eigenvalue weighted by atomic mass is 9.84. The summed E-state index contributed by atoms with van der Waals surface area (Å²) >= 11 is 0. The fraction of sp³-hybridized carbons (Fsp3) is 0.833. The van der Waals surface area contributed by atoms with Gasteiger partial charge >= 0.3 is 0 Å². The number of carbonyl (C=O) groups excluding carboxylic acids is 3. The van der Waals surface area contributed by atoms with Crippen LogP contribution in [0.25, 0.3) is 0 Å². The summed E-state index contributed by atoms with van der Waals surface area (Å²) in [6.45, 7) is 3.79. The van der Waals surface area contributed by atoms with Crippen LogP contribution in [0.3, 0.4) is 0 Å². The van der Waals surface area contributed by atoms with Gasteiger partial charge in [0.2, 0.25) is 17.7 Å². The van der Waals surface area contributed by atoms with Crippen LogP contribution in [0.1, 0.15) is 58.8 Å². The number of nitrogens with one attached hydrogen (secondary N) is 2. The third kappa shape index (κ3) is 7.02. The van der Waals surface area contributed by atoms with Crippen molar-refractivity contribution in [3.05, 3.63) is 0 Å². The van der Waals surface area contributed by atoms with Gasteiger partial charge < -0.3 is 21.5 Å². The standard InChI is InChI=1S/C18H33N3O4/c1-11(2)9-13(15(22)16(19)23)17(24)21-14(18(25)20-3)10-12-7-5-4-6-8-12/h11-15,22H,4-10H2,1-3H3,(H2,19,23)(H,20,25)(H,21,24)/t13-,14+,15+/m1/s1. The molecule has 0 aromatic carbocycles. The van der Waals surface area contributed by atoms with Crippen LogP contribution in [0.2, 0.25) is 0 Å². The van der Waals surface area contributed by atoms with Gasteiger partial charge in [0.25, 0.3) is 0 Å². The van der Waals surface area contributed by atoms with Crippen molar-refractivity contribution in [3.63, 3.8) is 0 Å². The minimum atomic E-state index is -1.55. The van der Waals surface area contributed by atoms with Gasteiger partial charge in [-0.3, -0.25) is 14.4 Å². The second-order valence-electron chi connectivity index (χ2n) is 7.50. The average Bonchev–Trinajstić information content (AvgIpc) is 2.58. The highest BCUT2D eigenvalue weighted by atomic mass is 16.3. The van der Waals surface area contributed by atoms with Crippen LogP contribution < -0.4 is 16.4 Å². The molecule has 0 aromatic rings. The lowest BCUT2D eigenvalue weighted by Gasteiger charge is -2.28. The van der Waals surface area contributed by atoms with Crippen molar-refractivity contribution in [2.45, 2.75) is 70.9 Å². The first-order valence-electron chi connectivity index (χ1n) is 9.25. The minimum Gasteiger partial charge on any atom is -0.382 e. The molecule has 0 aromatic heterocycles. The molecule has 0 bridgehead atoms. The van der Waals surface area contributed by atoms with Crippen molar-refractivity contribution >= 4 is 17.7 Å². The summed E-state index contributed by atoms with van der Waals surface area (Å²) in [5, 5.41) is 15.3. The minimum absolute atomic E-state index is 0.0987. The van der Waals surface area contributed by atoms with E-state index in [9.17, 15) is 19.5 Å². The second-order valence-corrected chi connectivity index (χ2v) is 7.50. The van der Waals surface area contributed by atoms with Crippen molar-refractivity contribution in [3.8, 4) is 0 Å². The first-order chi connectivity index (χ1) is 11.8. The van der Waals surface area contributed by atoms with E-state index in [1.807, 2.05) is 13.8 Å². The zero-order chi connectivity index (χ0) is 19.0. The summed E-state index contributed by atoms with van der Waals surface area (Å²) in [5.41, 5.74) is 5.17. The molecule has 7 heteroatoms. The van der Waals surface area contributed by atoms with Gasteiger partial charge in [0.15, 0.2) is 0 Å². The van der Waals surface area contributed by atoms with Gasteiger partial charge in [-0.15, -0.1) is 0 Å². The van der Waals surface area contributed by atoms with E-state index in [2.05, 4.69) is 10.6 Å². The van der Waals surface area contributed by atoms with Crippen LogP contribution in [-0.4, -0.2) is 42.0 Å². The van der Waals surface area contributed by atoms with Crippen molar-refractivity contribution in [2.75, 3.05) is 7.05 Å². The maximum atomic E-state index is 12.6. The van der Waals surface area contributed by atoms with Crippen LogP contribution in [0.5, 0.6) is 0 Å². The molecular formula is C18H33N3O4. The molecule has 1 fully saturated rings. The lowest BCUT2D eigenvalue weighted by Crippen LogP contribution is -2.52. The normalized spacial score (nSPS) is 19.1. The van der Waals surface area contributed by atoms with Gasteiger partial charge in [-0.25, -0.2) is 0 Å². The number of primary amides is 1. The highest BCUT2D eigenvalue weighted by Gasteiger charge is 2.34. The number of hydrogen-bond donors (Lipinski definition) is 4. The zero-order valence-corrected chi connectivity index (χ0v) is 15.6. The Morgan fingerprint density at radius 3 is 2.20 bits per heavy atom. The van der Waals surface area contributed by atoms with Gasteiger partial charge in [0, 0.05) is 7.05 Å². The van der Waals surface area contributed by atoms with Gasteiger partial charge in [-0.05, 0) is 24.7 Å². The maximum absolute atomic E-state index is 12.6. The topological polar surface area (TPSA) is 122 Å². The quantitative estimate of drug-likeness (QED) is 0.486. The van der Waals surface area contributed by atoms with Crippen LogP contribution in [0.4, 0.5) is 0 Å². The van der Waals surface area contributed by atoms with E-state index in [4.69, 9.17) is 5.73 Å². The van der Waals surface area contributed by atoms with Crippen molar-refractivity contribution in [2.24, 2.45) is 23.5 Å². The molecule has 0 radical (unpaired) electrons. The lowest BCUT2D eigenvalue weighted by molar-refractivity contribution is -0.140. The highest BCUT2D eigenvalue weighted by molar-refractivity contribution is 5.92. The highest BCUT2D eigenvalue weighted by Crippen LogP contribution is 2.27. The molecule has 1 aliphatic rings. The smallest absolute Gasteiger partial charge is 0.247 e.